The Hall–Kier alpha value is -6.85. The van der Waals surface area contributed by atoms with Crippen molar-refractivity contribution in [2.75, 3.05) is 0 Å². The van der Waals surface area contributed by atoms with Crippen LogP contribution in [0, 0.1) is 0 Å². The third-order valence-electron chi connectivity index (χ3n) is 10.4. The van der Waals surface area contributed by atoms with Crippen molar-refractivity contribution in [2.24, 2.45) is 0 Å². The third kappa shape index (κ3) is 4.06. The first kappa shape index (κ1) is 28.0. The molecule has 3 heterocycles. The number of rotatable bonds is 4. The lowest BCUT2D eigenvalue weighted by Gasteiger charge is -2.16. The highest BCUT2D eigenvalue weighted by atomic mass is 15.2. The van der Waals surface area contributed by atoms with E-state index >= 15 is 0 Å². The van der Waals surface area contributed by atoms with Crippen LogP contribution in [0.2, 0.25) is 0 Å². The van der Waals surface area contributed by atoms with Crippen LogP contribution >= 0.6 is 0 Å². The fraction of sp³-hybridized carbons (Fsp3) is 0.0217. The minimum atomic E-state index is -0.123. The van der Waals surface area contributed by atoms with Gasteiger partial charge in [-0.05, 0) is 52.6 Å². The largest absolute Gasteiger partial charge is 0.309 e. The number of hydrogen-bond acceptors (Lipinski definition) is 3. The van der Waals surface area contributed by atoms with Gasteiger partial charge < -0.3 is 4.57 Å². The Bertz CT molecular complexity index is 2930. The number of para-hydroxylation sites is 3. The summed E-state index contributed by atoms with van der Waals surface area (Å²) in [6, 6.07) is 60.0. The van der Waals surface area contributed by atoms with E-state index in [9.17, 15) is 0 Å². The van der Waals surface area contributed by atoms with Crippen molar-refractivity contribution in [3.05, 3.63) is 187 Å². The fourth-order valence-electron chi connectivity index (χ4n) is 8.33. The molecule has 0 aliphatic heterocycles. The molecule has 11 rings (SSSR count). The van der Waals surface area contributed by atoms with Crippen molar-refractivity contribution >= 4 is 43.6 Å². The van der Waals surface area contributed by atoms with Crippen molar-refractivity contribution in [2.45, 2.75) is 5.92 Å². The van der Waals surface area contributed by atoms with Crippen LogP contribution in [0.5, 0.6) is 0 Å². The molecular formula is C46H29N5. The van der Waals surface area contributed by atoms with Gasteiger partial charge in [-0.1, -0.05) is 140 Å². The van der Waals surface area contributed by atoms with Crippen LogP contribution in [0.1, 0.15) is 22.9 Å². The lowest BCUT2D eigenvalue weighted by atomic mass is 9.96. The summed E-state index contributed by atoms with van der Waals surface area (Å²) < 4.78 is 4.64. The minimum absolute atomic E-state index is 0.123. The van der Waals surface area contributed by atoms with Gasteiger partial charge in [-0.25, -0.2) is 4.98 Å². The first-order chi connectivity index (χ1) is 25.3. The number of nitrogens with zero attached hydrogens (tertiary/aromatic N) is 5. The molecule has 5 nitrogen and oxygen atoms in total. The summed E-state index contributed by atoms with van der Waals surface area (Å²) in [6.45, 7) is 0. The first-order valence-corrected chi connectivity index (χ1v) is 17.3. The second kappa shape index (κ2) is 10.8. The molecule has 51 heavy (non-hydrogen) atoms. The molecular weight excluding hydrogens is 623 g/mol. The van der Waals surface area contributed by atoms with Gasteiger partial charge in [0.25, 0.3) is 0 Å². The van der Waals surface area contributed by atoms with Crippen molar-refractivity contribution < 1.29 is 0 Å². The zero-order chi connectivity index (χ0) is 33.5. The quantitative estimate of drug-likeness (QED) is 0.190. The molecule has 0 spiro atoms. The molecule has 1 aliphatic carbocycles. The van der Waals surface area contributed by atoms with E-state index in [2.05, 4.69) is 161 Å². The Kier molecular flexibility index (Phi) is 5.95. The lowest BCUT2D eigenvalue weighted by Crippen LogP contribution is -2.12. The van der Waals surface area contributed by atoms with Gasteiger partial charge in [-0.2, -0.15) is 9.97 Å². The second-order valence-corrected chi connectivity index (χ2v) is 13.2. The SMILES string of the molecule is c1ccc(-c2nc(C3c4ccccc4-c4ccccc43)nc(-n3c4ccccc4c4c3ccc3c5ccccc5n(-c5ccccc5)c34)n2)cc1. The zero-order valence-electron chi connectivity index (χ0n) is 27.5. The van der Waals surface area contributed by atoms with E-state index < -0.39 is 0 Å². The predicted molar refractivity (Wildman–Crippen MR) is 207 cm³/mol. The Labute approximate surface area is 293 Å². The average molecular weight is 652 g/mol. The maximum atomic E-state index is 5.42. The van der Waals surface area contributed by atoms with Crippen molar-refractivity contribution in [3.63, 3.8) is 0 Å². The van der Waals surface area contributed by atoms with Gasteiger partial charge in [0.15, 0.2) is 5.82 Å². The molecule has 0 saturated carbocycles. The van der Waals surface area contributed by atoms with Crippen molar-refractivity contribution in [1.82, 2.24) is 24.1 Å². The van der Waals surface area contributed by atoms with Crippen LogP contribution < -0.4 is 0 Å². The number of aromatic nitrogens is 5. The Morgan fingerprint density at radius 2 is 1.00 bits per heavy atom. The van der Waals surface area contributed by atoms with E-state index in [1.165, 1.54) is 49.4 Å². The Morgan fingerprint density at radius 1 is 0.412 bits per heavy atom. The summed E-state index contributed by atoms with van der Waals surface area (Å²) in [6.07, 6.45) is 0. The molecule has 0 radical (unpaired) electrons. The molecule has 0 bridgehead atoms. The van der Waals surface area contributed by atoms with Crippen LogP contribution in [0.4, 0.5) is 0 Å². The Morgan fingerprint density at radius 3 is 1.73 bits per heavy atom. The Balaban J connectivity index is 1.26. The minimum Gasteiger partial charge on any atom is -0.309 e. The molecule has 0 atom stereocenters. The highest BCUT2D eigenvalue weighted by Crippen LogP contribution is 2.47. The summed E-state index contributed by atoms with van der Waals surface area (Å²) in [5, 5.41) is 4.76. The predicted octanol–water partition coefficient (Wildman–Crippen LogP) is 10.9. The highest BCUT2D eigenvalue weighted by molar-refractivity contribution is 6.26. The van der Waals surface area contributed by atoms with E-state index in [1.54, 1.807) is 0 Å². The summed E-state index contributed by atoms with van der Waals surface area (Å²) in [5.74, 6) is 1.88. The van der Waals surface area contributed by atoms with E-state index in [0.29, 0.717) is 11.8 Å². The molecule has 0 saturated heterocycles. The zero-order valence-corrected chi connectivity index (χ0v) is 27.5. The van der Waals surface area contributed by atoms with Gasteiger partial charge >= 0.3 is 0 Å². The smallest absolute Gasteiger partial charge is 0.238 e. The summed E-state index contributed by atoms with van der Waals surface area (Å²) in [4.78, 5) is 15.9. The van der Waals surface area contributed by atoms with Gasteiger partial charge in [0.05, 0.1) is 28.0 Å². The van der Waals surface area contributed by atoms with Crippen LogP contribution in [0.15, 0.2) is 170 Å². The molecule has 5 heteroatoms. The van der Waals surface area contributed by atoms with E-state index in [1.807, 2.05) is 18.2 Å². The van der Waals surface area contributed by atoms with Crippen molar-refractivity contribution in [1.29, 1.82) is 0 Å². The lowest BCUT2D eigenvalue weighted by molar-refractivity contribution is 0.823. The molecule has 1 aliphatic rings. The standard InChI is InChI=1S/C46H29N5/c1-3-15-29(16-4-1)44-47-45(41-34-22-9-7-19-31(34)32-20-8-10-23-35(32)41)49-46(48-44)51-39-26-14-12-24-37(39)42-40(51)28-27-36-33-21-11-13-25-38(33)50(43(36)42)30-17-5-2-6-18-30/h1-28,41H. The fourth-order valence-corrected chi connectivity index (χ4v) is 8.33. The maximum Gasteiger partial charge on any atom is 0.238 e. The van der Waals surface area contributed by atoms with Gasteiger partial charge in [0, 0.05) is 32.8 Å². The van der Waals surface area contributed by atoms with Crippen LogP contribution in [-0.4, -0.2) is 24.1 Å². The molecule has 3 aromatic heterocycles. The van der Waals surface area contributed by atoms with E-state index in [-0.39, 0.29) is 5.92 Å². The highest BCUT2D eigenvalue weighted by Gasteiger charge is 2.33. The number of benzene rings is 7. The van der Waals surface area contributed by atoms with Gasteiger partial charge in [0.2, 0.25) is 5.95 Å². The first-order valence-electron chi connectivity index (χ1n) is 17.3. The topological polar surface area (TPSA) is 48.5 Å². The average Bonchev–Trinajstić information content (AvgIpc) is 3.84. The summed E-state index contributed by atoms with van der Waals surface area (Å²) >= 11 is 0. The van der Waals surface area contributed by atoms with Gasteiger partial charge in [-0.3, -0.25) is 4.57 Å². The van der Waals surface area contributed by atoms with Crippen LogP contribution in [0.25, 0.3) is 77.8 Å². The molecule has 0 unspecified atom stereocenters. The van der Waals surface area contributed by atoms with E-state index in [0.717, 1.165) is 33.5 Å². The normalized spacial score (nSPS) is 12.6. The van der Waals surface area contributed by atoms with Crippen LogP contribution in [0.3, 0.4) is 0 Å². The molecule has 7 aromatic carbocycles. The summed E-state index contributed by atoms with van der Waals surface area (Å²) in [7, 11) is 0. The number of fused-ring (bicyclic) bond motifs is 10. The molecule has 0 N–H and O–H groups in total. The molecule has 10 aromatic rings. The second-order valence-electron chi connectivity index (χ2n) is 13.2. The molecule has 238 valence electrons. The third-order valence-corrected chi connectivity index (χ3v) is 10.4. The van der Waals surface area contributed by atoms with E-state index in [4.69, 9.17) is 15.0 Å². The van der Waals surface area contributed by atoms with Gasteiger partial charge in [0.1, 0.15) is 5.82 Å². The molecule has 0 fully saturated rings. The molecule has 0 amide bonds. The van der Waals surface area contributed by atoms with Crippen LogP contribution in [-0.2, 0) is 0 Å². The summed E-state index contributed by atoms with van der Waals surface area (Å²) in [5.41, 5.74) is 11.4. The number of hydrogen-bond donors (Lipinski definition) is 0. The van der Waals surface area contributed by atoms with Gasteiger partial charge in [-0.15, -0.1) is 0 Å². The monoisotopic (exact) mass is 651 g/mol. The van der Waals surface area contributed by atoms with Crippen molar-refractivity contribution in [3.8, 4) is 34.2 Å². The maximum absolute atomic E-state index is 5.42.